The molecular weight excluding hydrogens is 248 g/mol. The molecule has 90 valence electrons. The molecule has 0 unspecified atom stereocenters. The van der Waals surface area contributed by atoms with E-state index in [2.05, 4.69) is 35.9 Å². The van der Waals surface area contributed by atoms with Crippen LogP contribution in [0.3, 0.4) is 0 Å². The van der Waals surface area contributed by atoms with Gasteiger partial charge in [-0.25, -0.2) is 0 Å². The van der Waals surface area contributed by atoms with Crippen LogP contribution in [0.25, 0.3) is 0 Å². The van der Waals surface area contributed by atoms with Crippen LogP contribution in [-0.4, -0.2) is 5.33 Å². The van der Waals surface area contributed by atoms with Gasteiger partial charge in [0.2, 0.25) is 0 Å². The van der Waals surface area contributed by atoms with Gasteiger partial charge in [-0.3, -0.25) is 0 Å². The second-order valence-electron chi connectivity index (χ2n) is 4.40. The second-order valence-corrected chi connectivity index (χ2v) is 5.19. The van der Waals surface area contributed by atoms with Gasteiger partial charge >= 0.3 is 0 Å². The monoisotopic (exact) mass is 274 g/mol. The zero-order valence-corrected chi connectivity index (χ0v) is 12.1. The van der Waals surface area contributed by atoms with Gasteiger partial charge in [0, 0.05) is 5.33 Å². The summed E-state index contributed by atoms with van der Waals surface area (Å²) in [7, 11) is 0. The molecular formula is C14H27Br. The van der Waals surface area contributed by atoms with E-state index in [9.17, 15) is 0 Å². The maximum atomic E-state index is 3.47. The van der Waals surface area contributed by atoms with Crippen LogP contribution < -0.4 is 0 Å². The minimum Gasteiger partial charge on any atom is -0.0928 e. The summed E-state index contributed by atoms with van der Waals surface area (Å²) in [4.78, 5) is 0. The number of allylic oxidation sites excluding steroid dienone is 2. The van der Waals surface area contributed by atoms with Crippen LogP contribution in [0.4, 0.5) is 0 Å². The van der Waals surface area contributed by atoms with E-state index in [1.807, 2.05) is 0 Å². The van der Waals surface area contributed by atoms with E-state index in [1.165, 1.54) is 57.8 Å². The van der Waals surface area contributed by atoms with E-state index in [4.69, 9.17) is 0 Å². The highest BCUT2D eigenvalue weighted by molar-refractivity contribution is 9.09. The SMILES string of the molecule is CCCCCCCCC=C(C)CCCBr. The molecule has 0 heterocycles. The molecule has 0 aliphatic rings. The number of hydrogen-bond donors (Lipinski definition) is 0. The fourth-order valence-electron chi connectivity index (χ4n) is 1.72. The van der Waals surface area contributed by atoms with Crippen LogP contribution in [-0.2, 0) is 0 Å². The van der Waals surface area contributed by atoms with Crippen molar-refractivity contribution in [2.75, 3.05) is 5.33 Å². The lowest BCUT2D eigenvalue weighted by Crippen LogP contribution is -1.81. The Morgan fingerprint density at radius 3 is 2.33 bits per heavy atom. The first-order valence-corrected chi connectivity index (χ1v) is 7.65. The Morgan fingerprint density at radius 2 is 1.67 bits per heavy atom. The van der Waals surface area contributed by atoms with Gasteiger partial charge in [-0.1, -0.05) is 66.6 Å². The summed E-state index contributed by atoms with van der Waals surface area (Å²) < 4.78 is 0. The molecule has 0 aliphatic carbocycles. The molecule has 0 amide bonds. The minimum atomic E-state index is 1.13. The number of rotatable bonds is 10. The van der Waals surface area contributed by atoms with E-state index in [-0.39, 0.29) is 0 Å². The third-order valence-electron chi connectivity index (χ3n) is 2.76. The molecule has 0 nitrogen and oxygen atoms in total. The van der Waals surface area contributed by atoms with E-state index < -0.39 is 0 Å². The predicted molar refractivity (Wildman–Crippen MR) is 74.8 cm³/mol. The molecule has 0 N–H and O–H groups in total. The summed E-state index contributed by atoms with van der Waals surface area (Å²) in [5, 5.41) is 1.13. The first-order valence-electron chi connectivity index (χ1n) is 6.52. The first-order chi connectivity index (χ1) is 7.31. The molecule has 0 atom stereocenters. The maximum Gasteiger partial charge on any atom is 0.00343 e. The number of unbranched alkanes of at least 4 members (excludes halogenated alkanes) is 6. The summed E-state index contributed by atoms with van der Waals surface area (Å²) >= 11 is 3.47. The number of alkyl halides is 1. The normalized spacial score (nSPS) is 12.1. The van der Waals surface area contributed by atoms with Crippen molar-refractivity contribution in [3.63, 3.8) is 0 Å². The van der Waals surface area contributed by atoms with E-state index in [0.717, 1.165) is 5.33 Å². The summed E-state index contributed by atoms with van der Waals surface area (Å²) in [6.07, 6.45) is 14.7. The maximum absolute atomic E-state index is 3.47. The lowest BCUT2D eigenvalue weighted by atomic mass is 10.1. The van der Waals surface area contributed by atoms with Crippen molar-refractivity contribution in [3.05, 3.63) is 11.6 Å². The molecule has 0 aliphatic heterocycles. The molecule has 0 aromatic carbocycles. The third kappa shape index (κ3) is 12.2. The van der Waals surface area contributed by atoms with Crippen molar-refractivity contribution in [1.82, 2.24) is 0 Å². The van der Waals surface area contributed by atoms with Crippen molar-refractivity contribution >= 4 is 15.9 Å². The Bertz CT molecular complexity index is 149. The van der Waals surface area contributed by atoms with E-state index >= 15 is 0 Å². The van der Waals surface area contributed by atoms with Gasteiger partial charge in [-0.15, -0.1) is 0 Å². The topological polar surface area (TPSA) is 0 Å². The highest BCUT2D eigenvalue weighted by Gasteiger charge is 1.91. The molecule has 0 saturated heterocycles. The van der Waals surface area contributed by atoms with Gasteiger partial charge in [-0.2, -0.15) is 0 Å². The van der Waals surface area contributed by atoms with Gasteiger partial charge in [0.15, 0.2) is 0 Å². The molecule has 0 saturated carbocycles. The Morgan fingerprint density at radius 1 is 1.00 bits per heavy atom. The third-order valence-corrected chi connectivity index (χ3v) is 3.32. The predicted octanol–water partition coefficient (Wildman–Crippen LogP) is 5.86. The van der Waals surface area contributed by atoms with Crippen LogP contribution in [0.5, 0.6) is 0 Å². The molecule has 0 aromatic heterocycles. The molecule has 0 fully saturated rings. The quantitative estimate of drug-likeness (QED) is 0.266. The highest BCUT2D eigenvalue weighted by Crippen LogP contribution is 2.11. The van der Waals surface area contributed by atoms with Gasteiger partial charge in [-0.05, 0) is 32.6 Å². The van der Waals surface area contributed by atoms with Gasteiger partial charge in [0.05, 0.1) is 0 Å². The molecule has 0 bridgehead atoms. The van der Waals surface area contributed by atoms with E-state index in [1.54, 1.807) is 5.57 Å². The number of hydrogen-bond acceptors (Lipinski definition) is 0. The summed E-state index contributed by atoms with van der Waals surface area (Å²) in [6, 6.07) is 0. The smallest absolute Gasteiger partial charge is 0.00343 e. The van der Waals surface area contributed by atoms with Crippen LogP contribution in [0, 0.1) is 0 Å². The average Bonchev–Trinajstić information content (AvgIpc) is 2.25. The van der Waals surface area contributed by atoms with Gasteiger partial charge in [0.25, 0.3) is 0 Å². The van der Waals surface area contributed by atoms with Crippen molar-refractivity contribution < 1.29 is 0 Å². The zero-order valence-electron chi connectivity index (χ0n) is 10.5. The van der Waals surface area contributed by atoms with Crippen molar-refractivity contribution in [1.29, 1.82) is 0 Å². The van der Waals surface area contributed by atoms with Crippen molar-refractivity contribution in [2.45, 2.75) is 71.6 Å². The first kappa shape index (κ1) is 15.2. The van der Waals surface area contributed by atoms with Gasteiger partial charge in [0.1, 0.15) is 0 Å². The Kier molecular flexibility index (Phi) is 12.5. The highest BCUT2D eigenvalue weighted by atomic mass is 79.9. The fraction of sp³-hybridized carbons (Fsp3) is 0.857. The lowest BCUT2D eigenvalue weighted by molar-refractivity contribution is 0.610. The van der Waals surface area contributed by atoms with Gasteiger partial charge < -0.3 is 0 Å². The molecule has 1 heteroatoms. The van der Waals surface area contributed by atoms with Crippen molar-refractivity contribution in [2.24, 2.45) is 0 Å². The standard InChI is InChI=1S/C14H27Br/c1-3-4-5-6-7-8-9-11-14(2)12-10-13-15/h11H,3-10,12-13H2,1-2H3. The van der Waals surface area contributed by atoms with Crippen LogP contribution >= 0.6 is 15.9 Å². The van der Waals surface area contributed by atoms with Crippen molar-refractivity contribution in [3.8, 4) is 0 Å². The molecule has 0 radical (unpaired) electrons. The Labute approximate surface area is 105 Å². The largest absolute Gasteiger partial charge is 0.0928 e. The average molecular weight is 275 g/mol. The summed E-state index contributed by atoms with van der Waals surface area (Å²) in [5.74, 6) is 0. The summed E-state index contributed by atoms with van der Waals surface area (Å²) in [6.45, 7) is 4.54. The fourth-order valence-corrected chi connectivity index (χ4v) is 2.00. The Hall–Kier alpha value is 0.220. The molecule has 0 aromatic rings. The lowest BCUT2D eigenvalue weighted by Gasteiger charge is -2.00. The van der Waals surface area contributed by atoms with Crippen LogP contribution in [0.15, 0.2) is 11.6 Å². The zero-order chi connectivity index (χ0) is 11.4. The number of halogens is 1. The van der Waals surface area contributed by atoms with Crippen LogP contribution in [0.2, 0.25) is 0 Å². The minimum absolute atomic E-state index is 1.13. The molecule has 0 spiro atoms. The second kappa shape index (κ2) is 12.3. The molecule has 0 rings (SSSR count). The van der Waals surface area contributed by atoms with E-state index in [0.29, 0.717) is 0 Å². The molecule has 15 heavy (non-hydrogen) atoms. The Balaban J connectivity index is 3.20. The summed E-state index contributed by atoms with van der Waals surface area (Å²) in [5.41, 5.74) is 1.57. The van der Waals surface area contributed by atoms with Crippen LogP contribution in [0.1, 0.15) is 71.6 Å².